The molecule has 34 heavy (non-hydrogen) atoms. The largest absolute Gasteiger partial charge is 0.508 e. The summed E-state index contributed by atoms with van der Waals surface area (Å²) in [6.45, 7) is 2.24. The Balaban J connectivity index is 1.50. The fourth-order valence-electron chi connectivity index (χ4n) is 3.67. The molecule has 0 unspecified atom stereocenters. The Hall–Kier alpha value is -3.13. The highest BCUT2D eigenvalue weighted by Gasteiger charge is 2.13. The van der Waals surface area contributed by atoms with E-state index < -0.39 is 11.9 Å². The minimum Gasteiger partial charge on any atom is -0.508 e. The summed E-state index contributed by atoms with van der Waals surface area (Å²) < 4.78 is 13.9. The van der Waals surface area contributed by atoms with Gasteiger partial charge in [0.05, 0.1) is 12.5 Å². The highest BCUT2D eigenvalue weighted by molar-refractivity contribution is 6.31. The normalized spacial score (nSPS) is 12.8. The second-order valence-electron chi connectivity index (χ2n) is 8.29. The number of aromatic hydroxyl groups is 2. The third-order valence-corrected chi connectivity index (χ3v) is 5.75. The highest BCUT2D eigenvalue weighted by atomic mass is 35.5. The van der Waals surface area contributed by atoms with Gasteiger partial charge in [0.25, 0.3) is 0 Å². The van der Waals surface area contributed by atoms with Gasteiger partial charge in [-0.2, -0.15) is 0 Å². The van der Waals surface area contributed by atoms with Gasteiger partial charge in [0, 0.05) is 35.8 Å². The molecule has 0 saturated carbocycles. The minimum atomic E-state index is -0.890. The van der Waals surface area contributed by atoms with E-state index in [1.54, 1.807) is 6.07 Å². The number of phenols is 2. The first-order valence-electron chi connectivity index (χ1n) is 10.9. The Kier molecular flexibility index (Phi) is 8.87. The summed E-state index contributed by atoms with van der Waals surface area (Å²) in [5, 5.41) is 35.7. The van der Waals surface area contributed by atoms with Crippen molar-refractivity contribution in [2.45, 2.75) is 38.5 Å². The molecule has 180 valence electrons. The van der Waals surface area contributed by atoms with Gasteiger partial charge >= 0.3 is 0 Å². The Labute approximate surface area is 203 Å². The number of phenolic OH excluding ortho intramolecular Hbond substituents is 2. The first-order valence-corrected chi connectivity index (χ1v) is 11.3. The molecule has 5 N–H and O–H groups in total. The number of amides is 1. The van der Waals surface area contributed by atoms with Crippen molar-refractivity contribution in [1.29, 1.82) is 0 Å². The van der Waals surface area contributed by atoms with Crippen LogP contribution < -0.4 is 10.6 Å². The van der Waals surface area contributed by atoms with Crippen LogP contribution in [0, 0.1) is 5.82 Å². The average Bonchev–Trinajstić information content (AvgIpc) is 2.76. The summed E-state index contributed by atoms with van der Waals surface area (Å²) >= 11 is 6.00. The maximum absolute atomic E-state index is 13.9. The van der Waals surface area contributed by atoms with Crippen LogP contribution in [0.4, 0.5) is 4.39 Å². The SMILES string of the molecule is C[C@H](Cc1cccc(CC(=O)NCc2c(F)cccc2Cl)c1)NC[C@H](O)c1cc(O)cc(O)c1. The monoisotopic (exact) mass is 486 g/mol. The number of halogens is 2. The van der Waals surface area contributed by atoms with Crippen molar-refractivity contribution in [2.75, 3.05) is 6.54 Å². The molecule has 0 aliphatic heterocycles. The van der Waals surface area contributed by atoms with E-state index in [9.17, 15) is 24.5 Å². The van der Waals surface area contributed by atoms with Crippen LogP contribution in [0.3, 0.4) is 0 Å². The Morgan fingerprint density at radius 2 is 1.71 bits per heavy atom. The molecule has 8 heteroatoms. The number of hydrogen-bond donors (Lipinski definition) is 5. The highest BCUT2D eigenvalue weighted by Crippen LogP contribution is 2.24. The first kappa shape index (κ1) is 25.5. The standard InChI is InChI=1S/C26H28ClFN2O4/c1-16(29-15-25(33)19-11-20(31)13-21(32)12-19)8-17-4-2-5-18(9-17)10-26(34)30-14-22-23(27)6-3-7-24(22)28/h2-7,9,11-13,16,25,29,31-33H,8,10,14-15H2,1H3,(H,30,34)/t16-,25+/m1/s1. The lowest BCUT2D eigenvalue weighted by Gasteiger charge is -2.18. The summed E-state index contributed by atoms with van der Waals surface area (Å²) in [6, 6.07) is 16.1. The van der Waals surface area contributed by atoms with Crippen LogP contribution in [0.2, 0.25) is 5.02 Å². The van der Waals surface area contributed by atoms with E-state index in [4.69, 9.17) is 11.6 Å². The summed E-state index contributed by atoms with van der Waals surface area (Å²) in [7, 11) is 0. The predicted molar refractivity (Wildman–Crippen MR) is 129 cm³/mol. The van der Waals surface area contributed by atoms with Crippen molar-refractivity contribution in [2.24, 2.45) is 0 Å². The van der Waals surface area contributed by atoms with Gasteiger partial charge < -0.3 is 26.0 Å². The second kappa shape index (κ2) is 11.8. The van der Waals surface area contributed by atoms with E-state index in [1.165, 1.54) is 30.3 Å². The zero-order valence-electron chi connectivity index (χ0n) is 18.8. The van der Waals surface area contributed by atoms with E-state index in [0.29, 0.717) is 12.0 Å². The van der Waals surface area contributed by atoms with Crippen molar-refractivity contribution in [3.63, 3.8) is 0 Å². The quantitative estimate of drug-likeness (QED) is 0.298. The topological polar surface area (TPSA) is 102 Å². The van der Waals surface area contributed by atoms with Crippen molar-refractivity contribution >= 4 is 17.5 Å². The number of rotatable bonds is 10. The molecule has 3 aromatic rings. The van der Waals surface area contributed by atoms with Crippen LogP contribution in [0.25, 0.3) is 0 Å². The van der Waals surface area contributed by atoms with Crippen molar-refractivity contribution in [3.05, 3.63) is 93.8 Å². The van der Waals surface area contributed by atoms with E-state index in [-0.39, 0.29) is 53.5 Å². The third-order valence-electron chi connectivity index (χ3n) is 5.39. The Morgan fingerprint density at radius 1 is 1.03 bits per heavy atom. The molecule has 0 fully saturated rings. The molecule has 0 heterocycles. The molecule has 0 aromatic heterocycles. The number of nitrogens with one attached hydrogen (secondary N) is 2. The smallest absolute Gasteiger partial charge is 0.224 e. The molecule has 6 nitrogen and oxygen atoms in total. The van der Waals surface area contributed by atoms with Gasteiger partial charge in [0.2, 0.25) is 5.91 Å². The summed E-state index contributed by atoms with van der Waals surface area (Å²) in [5.74, 6) is -0.915. The Morgan fingerprint density at radius 3 is 2.41 bits per heavy atom. The minimum absolute atomic E-state index is 0.0181. The molecular weight excluding hydrogens is 459 g/mol. The van der Waals surface area contributed by atoms with Crippen LogP contribution in [0.15, 0.2) is 60.7 Å². The van der Waals surface area contributed by atoms with Gasteiger partial charge in [-0.1, -0.05) is 41.9 Å². The zero-order chi connectivity index (χ0) is 24.7. The maximum Gasteiger partial charge on any atom is 0.224 e. The maximum atomic E-state index is 13.9. The van der Waals surface area contributed by atoms with Crippen LogP contribution in [-0.2, 0) is 24.2 Å². The van der Waals surface area contributed by atoms with E-state index >= 15 is 0 Å². The number of aliphatic hydroxyl groups is 1. The van der Waals surface area contributed by atoms with E-state index in [2.05, 4.69) is 10.6 Å². The van der Waals surface area contributed by atoms with Gasteiger partial charge in [-0.05, 0) is 54.3 Å². The summed E-state index contributed by atoms with van der Waals surface area (Å²) in [4.78, 5) is 12.3. The molecule has 1 amide bonds. The van der Waals surface area contributed by atoms with Crippen molar-refractivity contribution < 1.29 is 24.5 Å². The average molecular weight is 487 g/mol. The van der Waals surface area contributed by atoms with Crippen LogP contribution in [-0.4, -0.2) is 33.8 Å². The van der Waals surface area contributed by atoms with Gasteiger partial charge in [-0.3, -0.25) is 4.79 Å². The molecular formula is C26H28ClFN2O4. The summed E-state index contributed by atoms with van der Waals surface area (Å²) in [5.41, 5.74) is 2.53. The molecule has 3 rings (SSSR count). The Bertz CT molecular complexity index is 1100. The van der Waals surface area contributed by atoms with Crippen LogP contribution >= 0.6 is 11.6 Å². The number of carbonyl (C=O) groups is 1. The summed E-state index contributed by atoms with van der Waals surface area (Å²) in [6.07, 6.45) is -0.0712. The molecule has 0 aliphatic rings. The molecule has 2 atom stereocenters. The molecule has 0 aliphatic carbocycles. The molecule has 3 aromatic carbocycles. The molecule has 0 saturated heterocycles. The van der Waals surface area contributed by atoms with Crippen LogP contribution in [0.5, 0.6) is 11.5 Å². The number of benzene rings is 3. The first-order chi connectivity index (χ1) is 16.2. The van der Waals surface area contributed by atoms with Gasteiger partial charge in [0.15, 0.2) is 0 Å². The molecule has 0 bridgehead atoms. The fourth-order valence-corrected chi connectivity index (χ4v) is 3.90. The second-order valence-corrected chi connectivity index (χ2v) is 8.69. The zero-order valence-corrected chi connectivity index (χ0v) is 19.5. The predicted octanol–water partition coefficient (Wildman–Crippen LogP) is 4.00. The lowest BCUT2D eigenvalue weighted by atomic mass is 10.0. The van der Waals surface area contributed by atoms with Crippen molar-refractivity contribution in [1.82, 2.24) is 10.6 Å². The number of aliphatic hydroxyl groups excluding tert-OH is 1. The van der Waals surface area contributed by atoms with Gasteiger partial charge in [0.1, 0.15) is 17.3 Å². The number of carbonyl (C=O) groups excluding carboxylic acids is 1. The lowest BCUT2D eigenvalue weighted by Crippen LogP contribution is -2.32. The third kappa shape index (κ3) is 7.45. The van der Waals surface area contributed by atoms with Gasteiger partial charge in [-0.25, -0.2) is 4.39 Å². The molecule has 0 spiro atoms. The van der Waals surface area contributed by atoms with Crippen molar-refractivity contribution in [3.8, 4) is 11.5 Å². The van der Waals surface area contributed by atoms with Gasteiger partial charge in [-0.15, -0.1) is 0 Å². The lowest BCUT2D eigenvalue weighted by molar-refractivity contribution is -0.120. The number of hydrogen-bond acceptors (Lipinski definition) is 5. The van der Waals surface area contributed by atoms with E-state index in [0.717, 1.165) is 11.1 Å². The van der Waals surface area contributed by atoms with Crippen LogP contribution in [0.1, 0.15) is 35.3 Å². The fraction of sp³-hybridized carbons (Fsp3) is 0.269. The molecule has 0 radical (unpaired) electrons. The van der Waals surface area contributed by atoms with E-state index in [1.807, 2.05) is 31.2 Å².